The largest absolute Gasteiger partial charge is 0.349 e. The summed E-state index contributed by atoms with van der Waals surface area (Å²) in [6, 6.07) is 10.1. The average molecular weight is 536 g/mol. The lowest BCUT2D eigenvalue weighted by atomic mass is 9.86. The first-order valence-electron chi connectivity index (χ1n) is 16.5. The minimum Gasteiger partial charge on any atom is -0.349 e. The molecule has 8 heteroatoms. The van der Waals surface area contributed by atoms with E-state index in [0.717, 1.165) is 37.8 Å². The van der Waals surface area contributed by atoms with Crippen molar-refractivity contribution in [3.8, 4) is 0 Å². The van der Waals surface area contributed by atoms with Crippen molar-refractivity contribution < 1.29 is 17.4 Å². The molecule has 2 aliphatic heterocycles. The average Bonchev–Trinajstić information content (AvgIpc) is 3.39. The Morgan fingerprint density at radius 1 is 1.14 bits per heavy atom. The number of carbonyl (C=O) groups is 1. The number of aromatic nitrogens is 3. The highest BCUT2D eigenvalue weighted by Crippen LogP contribution is 2.43. The van der Waals surface area contributed by atoms with Crippen LogP contribution >= 0.6 is 11.6 Å². The highest BCUT2D eigenvalue weighted by Gasteiger charge is 2.42. The normalized spacial score (nSPS) is 34.1. The van der Waals surface area contributed by atoms with E-state index in [1.54, 1.807) is 11.5 Å². The lowest BCUT2D eigenvalue weighted by Gasteiger charge is -2.40. The maximum Gasteiger partial charge on any atom is 0.223 e. The van der Waals surface area contributed by atoms with Crippen molar-refractivity contribution in [3.63, 3.8) is 0 Å². The highest BCUT2D eigenvalue weighted by atomic mass is 35.5. The maximum atomic E-state index is 14.1. The molecular formula is C29H41ClFN5O. The summed E-state index contributed by atoms with van der Waals surface area (Å²) in [6.07, 6.45) is 5.39. The molecule has 2 bridgehead atoms. The molecule has 5 rings (SSSR count). The summed E-state index contributed by atoms with van der Waals surface area (Å²) in [7, 11) is 0. The number of alkyl halides is 2. The highest BCUT2D eigenvalue weighted by molar-refractivity contribution is 6.22. The predicted molar refractivity (Wildman–Crippen MR) is 144 cm³/mol. The maximum absolute atomic E-state index is 14.1. The molecule has 1 aliphatic carbocycles. The van der Waals surface area contributed by atoms with E-state index < -0.39 is 24.7 Å². The van der Waals surface area contributed by atoms with Crippen molar-refractivity contribution in [1.82, 2.24) is 25.0 Å². The lowest BCUT2D eigenvalue weighted by Crippen LogP contribution is -2.45. The summed E-state index contributed by atoms with van der Waals surface area (Å²) >= 11 is 5.87. The number of piperidine rings is 1. The van der Waals surface area contributed by atoms with E-state index in [1.807, 2.05) is 30.3 Å². The minimum atomic E-state index is -2.74. The molecule has 3 heterocycles. The second kappa shape index (κ2) is 11.0. The van der Waals surface area contributed by atoms with Crippen LogP contribution in [-0.2, 0) is 4.79 Å². The van der Waals surface area contributed by atoms with Gasteiger partial charge in [0.2, 0.25) is 5.91 Å². The van der Waals surface area contributed by atoms with E-state index in [-0.39, 0.29) is 54.7 Å². The van der Waals surface area contributed by atoms with E-state index >= 15 is 0 Å². The van der Waals surface area contributed by atoms with Crippen LogP contribution in [0.25, 0.3) is 0 Å². The van der Waals surface area contributed by atoms with Crippen LogP contribution in [-0.4, -0.2) is 49.3 Å². The van der Waals surface area contributed by atoms with Gasteiger partial charge in [-0.05, 0) is 70.3 Å². The van der Waals surface area contributed by atoms with Gasteiger partial charge in [-0.3, -0.25) is 9.69 Å². The summed E-state index contributed by atoms with van der Waals surface area (Å²) in [4.78, 5) is 15.7. The number of hydrogen-bond donors (Lipinski definition) is 1. The van der Waals surface area contributed by atoms with E-state index in [1.165, 1.54) is 0 Å². The van der Waals surface area contributed by atoms with Crippen molar-refractivity contribution in [2.24, 2.45) is 5.92 Å². The fourth-order valence-electron chi connectivity index (χ4n) is 6.73. The zero-order valence-electron chi connectivity index (χ0n) is 27.4. The number of hydrogen-bond acceptors (Lipinski definition) is 4. The molecule has 1 N–H and O–H groups in total. The number of nitrogens with one attached hydrogen (secondary N) is 1. The van der Waals surface area contributed by atoms with Gasteiger partial charge in [0.25, 0.3) is 0 Å². The Labute approximate surface area is 233 Å². The number of benzene rings is 1. The molecular weight excluding hydrogens is 489 g/mol. The SMILES string of the molecule is [2H]C([2H])([2H])C(c1nnc(C)n1C1CC2CCC(C1)N2CC[C@H](NC(=O)C1CCC(F)(Cl)CC1)c1ccccc1)C([2H])([2H])[2H]. The fraction of sp³-hybridized carbons (Fsp3) is 0.690. The van der Waals surface area contributed by atoms with Crippen LogP contribution in [0.3, 0.4) is 0 Å². The number of aryl methyl sites for hydroxylation is 1. The van der Waals surface area contributed by atoms with Crippen LogP contribution in [0.15, 0.2) is 30.3 Å². The van der Waals surface area contributed by atoms with Crippen LogP contribution in [0.5, 0.6) is 0 Å². The Morgan fingerprint density at radius 3 is 2.46 bits per heavy atom. The molecule has 2 saturated heterocycles. The van der Waals surface area contributed by atoms with Crippen LogP contribution in [0.1, 0.15) is 115 Å². The first-order valence-corrected chi connectivity index (χ1v) is 13.9. The molecule has 3 atom stereocenters. The van der Waals surface area contributed by atoms with Crippen LogP contribution in [0, 0.1) is 12.8 Å². The molecule has 2 unspecified atom stereocenters. The quantitative estimate of drug-likeness (QED) is 0.407. The third kappa shape index (κ3) is 5.88. The van der Waals surface area contributed by atoms with Crippen molar-refractivity contribution in [2.75, 3.05) is 6.54 Å². The molecule has 1 aromatic heterocycles. The summed E-state index contributed by atoms with van der Waals surface area (Å²) in [5, 5.41) is 9.75. The predicted octanol–water partition coefficient (Wildman–Crippen LogP) is 6.22. The van der Waals surface area contributed by atoms with E-state index in [4.69, 9.17) is 19.8 Å². The number of fused-ring (bicyclic) bond motifs is 2. The topological polar surface area (TPSA) is 63.1 Å². The summed E-state index contributed by atoms with van der Waals surface area (Å²) in [5.41, 5.74) is 1.02. The zero-order valence-corrected chi connectivity index (χ0v) is 22.1. The summed E-state index contributed by atoms with van der Waals surface area (Å²) in [5.74, 6) is -1.47. The zero-order chi connectivity index (χ0) is 31.2. The number of rotatable bonds is 8. The molecule has 0 spiro atoms. The van der Waals surface area contributed by atoms with E-state index in [0.29, 0.717) is 25.1 Å². The van der Waals surface area contributed by atoms with Crippen molar-refractivity contribution in [3.05, 3.63) is 47.5 Å². The van der Waals surface area contributed by atoms with Gasteiger partial charge in [-0.25, -0.2) is 4.39 Å². The van der Waals surface area contributed by atoms with Crippen molar-refractivity contribution >= 4 is 17.5 Å². The Hall–Kier alpha value is -1.99. The summed E-state index contributed by atoms with van der Waals surface area (Å²) < 4.78 is 63.6. The second-order valence-electron chi connectivity index (χ2n) is 11.0. The molecule has 2 aromatic rings. The van der Waals surface area contributed by atoms with Gasteiger partial charge in [0.05, 0.1) is 6.04 Å². The van der Waals surface area contributed by atoms with Gasteiger partial charge in [-0.15, -0.1) is 10.2 Å². The van der Waals surface area contributed by atoms with Crippen molar-refractivity contribution in [2.45, 2.75) is 114 Å². The molecule has 3 fully saturated rings. The van der Waals surface area contributed by atoms with E-state index in [2.05, 4.69) is 20.4 Å². The molecule has 37 heavy (non-hydrogen) atoms. The molecule has 1 amide bonds. The Balaban J connectivity index is 1.28. The lowest BCUT2D eigenvalue weighted by molar-refractivity contribution is -0.127. The van der Waals surface area contributed by atoms with Gasteiger partial charge in [0.1, 0.15) is 11.6 Å². The smallest absolute Gasteiger partial charge is 0.223 e. The third-order valence-corrected chi connectivity index (χ3v) is 9.04. The molecule has 3 aliphatic rings. The Morgan fingerprint density at radius 2 is 1.81 bits per heavy atom. The second-order valence-corrected chi connectivity index (χ2v) is 11.7. The van der Waals surface area contributed by atoms with Gasteiger partial charge in [-0.1, -0.05) is 55.6 Å². The molecule has 6 nitrogen and oxygen atoms in total. The van der Waals surface area contributed by atoms with Crippen LogP contribution in [0.2, 0.25) is 0 Å². The summed E-state index contributed by atoms with van der Waals surface area (Å²) in [6.45, 7) is -2.96. The number of nitrogens with zero attached hydrogens (tertiary/aromatic N) is 4. The Bertz CT molecular complexity index is 1230. The van der Waals surface area contributed by atoms with Crippen molar-refractivity contribution in [1.29, 1.82) is 0 Å². The van der Waals surface area contributed by atoms with Crippen LogP contribution in [0.4, 0.5) is 4.39 Å². The Kier molecular flexibility index (Phi) is 5.95. The molecule has 1 aromatic carbocycles. The first-order chi connectivity index (χ1) is 20.1. The van der Waals surface area contributed by atoms with Gasteiger partial charge in [0.15, 0.2) is 5.13 Å². The van der Waals surface area contributed by atoms with E-state index in [9.17, 15) is 9.18 Å². The molecule has 202 valence electrons. The van der Waals surface area contributed by atoms with Crippen LogP contribution < -0.4 is 5.32 Å². The fourth-order valence-corrected chi connectivity index (χ4v) is 6.95. The number of amides is 1. The molecule has 1 saturated carbocycles. The van der Waals surface area contributed by atoms with Gasteiger partial charge >= 0.3 is 0 Å². The van der Waals surface area contributed by atoms with Gasteiger partial charge < -0.3 is 9.88 Å². The first kappa shape index (κ1) is 20.0. The van der Waals surface area contributed by atoms with Gasteiger partial charge in [-0.2, -0.15) is 0 Å². The third-order valence-electron chi connectivity index (χ3n) is 8.66. The minimum absolute atomic E-state index is 0.0177. The monoisotopic (exact) mass is 535 g/mol. The standard InChI is InChI=1S/C29H41ClFN5O/c1-19(2)27-34-33-20(3)36(27)25-17-23-9-10-24(18-25)35(23)16-13-26(21-7-5-4-6-8-21)32-28(37)22-11-14-29(30,31)15-12-22/h4-8,19,22-26H,9-18H2,1-3H3,(H,32,37)/t22?,23?,24?,25?,26-,29?/m0/s1/i1D3,2D3. The number of carbonyl (C=O) groups excluding carboxylic acids is 1. The molecule has 0 radical (unpaired) electrons. The van der Waals surface area contributed by atoms with Gasteiger partial charge in [0, 0.05) is 44.7 Å². The number of halogens is 2.